The van der Waals surface area contributed by atoms with Crippen LogP contribution in [0.5, 0.6) is 0 Å². The third kappa shape index (κ3) is 3.64. The second-order valence-corrected chi connectivity index (χ2v) is 6.82. The molecule has 2 aromatic heterocycles. The maximum Gasteiger partial charge on any atom is 0.255 e. The van der Waals surface area contributed by atoms with Crippen LogP contribution in [0.3, 0.4) is 0 Å². The lowest BCUT2D eigenvalue weighted by molar-refractivity contribution is 0.102. The van der Waals surface area contributed by atoms with E-state index >= 15 is 0 Å². The van der Waals surface area contributed by atoms with Crippen molar-refractivity contribution >= 4 is 11.6 Å². The van der Waals surface area contributed by atoms with Gasteiger partial charge in [0.05, 0.1) is 0 Å². The molecule has 1 N–H and O–H groups in total. The highest BCUT2D eigenvalue weighted by Gasteiger charge is 2.17. The predicted octanol–water partition coefficient (Wildman–Crippen LogP) is 4.16. The Morgan fingerprint density at radius 1 is 1.08 bits per heavy atom. The van der Waals surface area contributed by atoms with E-state index in [0.29, 0.717) is 23.2 Å². The molecule has 0 saturated carbocycles. The topological polar surface area (TPSA) is 72.7 Å². The van der Waals surface area contributed by atoms with Crippen molar-refractivity contribution in [1.29, 1.82) is 0 Å². The number of rotatable bonds is 5. The van der Waals surface area contributed by atoms with E-state index in [-0.39, 0.29) is 5.91 Å². The van der Waals surface area contributed by atoms with E-state index in [1.165, 1.54) is 11.0 Å². The lowest BCUT2D eigenvalue weighted by Gasteiger charge is -2.20. The summed E-state index contributed by atoms with van der Waals surface area (Å²) in [6, 6.07) is 9.59. The summed E-state index contributed by atoms with van der Waals surface area (Å²) < 4.78 is 1.53. The number of nitrogens with one attached hydrogen (secondary N) is 1. The van der Waals surface area contributed by atoms with E-state index < -0.39 is 0 Å². The van der Waals surface area contributed by atoms with Crippen LogP contribution in [0.15, 0.2) is 49.2 Å². The molecule has 3 aromatic rings. The number of carbonyl (C=O) groups is 1. The van der Waals surface area contributed by atoms with Crippen molar-refractivity contribution in [2.45, 2.75) is 39.5 Å². The smallest absolute Gasteiger partial charge is 0.255 e. The minimum absolute atomic E-state index is 0.163. The first kappa shape index (κ1) is 17.8. The van der Waals surface area contributed by atoms with Crippen LogP contribution in [0.4, 0.5) is 5.69 Å². The Bertz CT molecular complexity index is 874. The SMILES string of the molecule is CC(C)c1cccc(C(C)C)c1NC(=O)c1ccnc(-n2cncn2)c1. The van der Waals surface area contributed by atoms with E-state index in [2.05, 4.69) is 66.3 Å². The maximum absolute atomic E-state index is 12.9. The molecule has 3 rings (SSSR count). The zero-order chi connectivity index (χ0) is 18.7. The minimum atomic E-state index is -0.163. The third-order valence-electron chi connectivity index (χ3n) is 4.27. The second-order valence-electron chi connectivity index (χ2n) is 6.82. The largest absolute Gasteiger partial charge is 0.321 e. The summed E-state index contributed by atoms with van der Waals surface area (Å²) in [5.74, 6) is 1.01. The van der Waals surface area contributed by atoms with Gasteiger partial charge in [-0.3, -0.25) is 4.79 Å². The molecule has 0 unspecified atom stereocenters. The standard InChI is InChI=1S/C20H23N5O/c1-13(2)16-6-5-7-17(14(3)4)19(16)24-20(26)15-8-9-22-18(10-15)25-12-21-11-23-25/h5-14H,1-4H3,(H,24,26). The minimum Gasteiger partial charge on any atom is -0.321 e. The Kier molecular flexibility index (Phi) is 5.11. The Morgan fingerprint density at radius 3 is 2.35 bits per heavy atom. The molecule has 0 aliphatic carbocycles. The highest BCUT2D eigenvalue weighted by molar-refractivity contribution is 6.05. The average molecular weight is 349 g/mol. The maximum atomic E-state index is 12.9. The van der Waals surface area contributed by atoms with Crippen LogP contribution in [0, 0.1) is 0 Å². The number of hydrogen-bond donors (Lipinski definition) is 1. The lowest BCUT2D eigenvalue weighted by Crippen LogP contribution is -2.16. The van der Waals surface area contributed by atoms with E-state index in [4.69, 9.17) is 0 Å². The van der Waals surface area contributed by atoms with E-state index in [1.54, 1.807) is 24.7 Å². The van der Waals surface area contributed by atoms with Gasteiger partial charge in [0.25, 0.3) is 5.91 Å². The van der Waals surface area contributed by atoms with Crippen LogP contribution in [0.2, 0.25) is 0 Å². The highest BCUT2D eigenvalue weighted by Crippen LogP contribution is 2.32. The molecule has 0 aliphatic rings. The molecule has 0 atom stereocenters. The normalized spacial score (nSPS) is 11.2. The molecule has 26 heavy (non-hydrogen) atoms. The molecule has 1 aromatic carbocycles. The summed E-state index contributed by atoms with van der Waals surface area (Å²) in [6.07, 6.45) is 4.58. The highest BCUT2D eigenvalue weighted by atomic mass is 16.1. The molecule has 0 radical (unpaired) electrons. The van der Waals surface area contributed by atoms with Crippen molar-refractivity contribution in [3.8, 4) is 5.82 Å². The molecule has 0 aliphatic heterocycles. The molecule has 6 heteroatoms. The molecule has 1 amide bonds. The number of nitrogens with zero attached hydrogens (tertiary/aromatic N) is 4. The van der Waals surface area contributed by atoms with Crippen LogP contribution in [0.25, 0.3) is 5.82 Å². The molecule has 2 heterocycles. The van der Waals surface area contributed by atoms with Gasteiger partial charge in [0.1, 0.15) is 12.7 Å². The Labute approximate surface area is 153 Å². The van der Waals surface area contributed by atoms with Gasteiger partial charge in [-0.2, -0.15) is 5.10 Å². The van der Waals surface area contributed by atoms with E-state index in [0.717, 1.165) is 16.8 Å². The number of hydrogen-bond acceptors (Lipinski definition) is 4. The first-order valence-corrected chi connectivity index (χ1v) is 8.72. The van der Waals surface area contributed by atoms with Crippen LogP contribution in [0.1, 0.15) is 61.0 Å². The van der Waals surface area contributed by atoms with Gasteiger partial charge in [-0.25, -0.2) is 14.6 Å². The van der Waals surface area contributed by atoms with Crippen LogP contribution in [-0.4, -0.2) is 25.7 Å². The van der Waals surface area contributed by atoms with Gasteiger partial charge >= 0.3 is 0 Å². The zero-order valence-electron chi connectivity index (χ0n) is 15.5. The van der Waals surface area contributed by atoms with Crippen LogP contribution >= 0.6 is 0 Å². The van der Waals surface area contributed by atoms with Gasteiger partial charge in [-0.05, 0) is 35.1 Å². The fourth-order valence-electron chi connectivity index (χ4n) is 2.89. The fourth-order valence-corrected chi connectivity index (χ4v) is 2.89. The van der Waals surface area contributed by atoms with Crippen molar-refractivity contribution in [2.24, 2.45) is 0 Å². The number of para-hydroxylation sites is 1. The monoisotopic (exact) mass is 349 g/mol. The summed E-state index contributed by atoms with van der Waals surface area (Å²) in [5, 5.41) is 7.18. The Morgan fingerprint density at radius 2 is 1.77 bits per heavy atom. The number of benzene rings is 1. The van der Waals surface area contributed by atoms with Crippen molar-refractivity contribution in [1.82, 2.24) is 19.7 Å². The third-order valence-corrected chi connectivity index (χ3v) is 4.27. The van der Waals surface area contributed by atoms with Crippen molar-refractivity contribution < 1.29 is 4.79 Å². The number of aromatic nitrogens is 4. The van der Waals surface area contributed by atoms with E-state index in [1.807, 2.05) is 0 Å². The lowest BCUT2D eigenvalue weighted by atomic mass is 9.92. The van der Waals surface area contributed by atoms with Gasteiger partial charge in [-0.1, -0.05) is 45.9 Å². The molecule has 0 spiro atoms. The van der Waals surface area contributed by atoms with Crippen LogP contribution in [-0.2, 0) is 0 Å². The summed E-state index contributed by atoms with van der Waals surface area (Å²) in [4.78, 5) is 21.1. The summed E-state index contributed by atoms with van der Waals surface area (Å²) in [5.41, 5.74) is 3.70. The first-order chi connectivity index (χ1) is 12.5. The van der Waals surface area contributed by atoms with E-state index in [9.17, 15) is 4.79 Å². The molecule has 0 saturated heterocycles. The summed E-state index contributed by atoms with van der Waals surface area (Å²) in [7, 11) is 0. The first-order valence-electron chi connectivity index (χ1n) is 8.72. The predicted molar refractivity (Wildman–Crippen MR) is 102 cm³/mol. The van der Waals surface area contributed by atoms with Crippen LogP contribution < -0.4 is 5.32 Å². The molecule has 6 nitrogen and oxygen atoms in total. The molecular formula is C20H23N5O. The van der Waals surface area contributed by atoms with Gasteiger partial charge < -0.3 is 5.32 Å². The molecule has 0 bridgehead atoms. The quantitative estimate of drug-likeness (QED) is 0.750. The zero-order valence-corrected chi connectivity index (χ0v) is 15.5. The summed E-state index contributed by atoms with van der Waals surface area (Å²) >= 11 is 0. The number of anilines is 1. The number of amides is 1. The second kappa shape index (κ2) is 7.47. The van der Waals surface area contributed by atoms with Crippen molar-refractivity contribution in [3.63, 3.8) is 0 Å². The number of pyridine rings is 1. The summed E-state index contributed by atoms with van der Waals surface area (Å²) in [6.45, 7) is 8.52. The number of carbonyl (C=O) groups excluding carboxylic acids is 1. The molecule has 134 valence electrons. The molecular weight excluding hydrogens is 326 g/mol. The van der Waals surface area contributed by atoms with Crippen molar-refractivity contribution in [2.75, 3.05) is 5.32 Å². The molecule has 0 fully saturated rings. The fraction of sp³-hybridized carbons (Fsp3) is 0.300. The van der Waals surface area contributed by atoms with Gasteiger partial charge in [-0.15, -0.1) is 0 Å². The van der Waals surface area contributed by atoms with Gasteiger partial charge in [0, 0.05) is 17.4 Å². The Hall–Kier alpha value is -3.02. The van der Waals surface area contributed by atoms with Gasteiger partial charge in [0.15, 0.2) is 5.82 Å². The van der Waals surface area contributed by atoms with Gasteiger partial charge in [0.2, 0.25) is 0 Å². The van der Waals surface area contributed by atoms with Crippen molar-refractivity contribution in [3.05, 3.63) is 65.9 Å². The Balaban J connectivity index is 1.95. The average Bonchev–Trinajstić information content (AvgIpc) is 3.16.